The van der Waals surface area contributed by atoms with Crippen LogP contribution in [0, 0.1) is 11.8 Å². The van der Waals surface area contributed by atoms with Crippen LogP contribution in [0.1, 0.15) is 38.7 Å². The first-order valence-corrected chi connectivity index (χ1v) is 8.03. The molecule has 3 nitrogen and oxygen atoms in total. The Morgan fingerprint density at radius 2 is 2.10 bits per heavy atom. The largest absolute Gasteiger partial charge is 0.352 e. The molecular weight excluding hydrogens is 316 g/mol. The zero-order chi connectivity index (χ0) is 15.0. The van der Waals surface area contributed by atoms with Crippen LogP contribution in [0.25, 0.3) is 0 Å². The zero-order valence-corrected chi connectivity index (χ0v) is 13.9. The van der Waals surface area contributed by atoms with Crippen LogP contribution < -0.4 is 11.1 Å². The Morgan fingerprint density at radius 1 is 1.35 bits per heavy atom. The van der Waals surface area contributed by atoms with Gasteiger partial charge in [0.05, 0.1) is 0 Å². The predicted molar refractivity (Wildman–Crippen MR) is 87.2 cm³/mol. The first kappa shape index (κ1) is 17.2. The van der Waals surface area contributed by atoms with E-state index in [1.165, 1.54) is 0 Å². The molecule has 1 atom stereocenters. The molecular formula is C16H25BrN2O. The Hall–Kier alpha value is -0.870. The summed E-state index contributed by atoms with van der Waals surface area (Å²) in [5.41, 5.74) is 6.72. The molecule has 1 aromatic rings. The minimum Gasteiger partial charge on any atom is -0.352 e. The van der Waals surface area contributed by atoms with Crippen molar-refractivity contribution in [3.63, 3.8) is 0 Å². The molecule has 0 saturated heterocycles. The molecule has 0 aliphatic heterocycles. The van der Waals surface area contributed by atoms with Crippen LogP contribution in [0.3, 0.4) is 0 Å². The van der Waals surface area contributed by atoms with Gasteiger partial charge in [-0.15, -0.1) is 0 Å². The molecule has 0 fully saturated rings. The number of amides is 1. The lowest BCUT2D eigenvalue weighted by atomic mass is 9.88. The maximum atomic E-state index is 11.9. The molecule has 0 bridgehead atoms. The number of carbonyl (C=O) groups is 1. The highest BCUT2D eigenvalue weighted by molar-refractivity contribution is 9.10. The van der Waals surface area contributed by atoms with E-state index >= 15 is 0 Å². The van der Waals surface area contributed by atoms with E-state index in [1.807, 2.05) is 24.3 Å². The van der Waals surface area contributed by atoms with Crippen LogP contribution in [0.4, 0.5) is 0 Å². The predicted octanol–water partition coefficient (Wildman–Crippen LogP) is 3.47. The molecule has 0 aromatic heterocycles. The van der Waals surface area contributed by atoms with Crippen molar-refractivity contribution < 1.29 is 4.79 Å². The summed E-state index contributed by atoms with van der Waals surface area (Å²) < 4.78 is 1.03. The monoisotopic (exact) mass is 340 g/mol. The Labute approximate surface area is 130 Å². The van der Waals surface area contributed by atoms with E-state index < -0.39 is 0 Å². The third-order valence-corrected chi connectivity index (χ3v) is 4.09. The Bertz CT molecular complexity index is 421. The molecule has 0 radical (unpaired) electrons. The lowest BCUT2D eigenvalue weighted by Crippen LogP contribution is -2.24. The minimum absolute atomic E-state index is 0.118. The molecule has 112 valence electrons. The first-order chi connectivity index (χ1) is 9.52. The normalized spacial score (nSPS) is 12.4. The molecule has 0 saturated carbocycles. The Balaban J connectivity index is 2.33. The molecule has 0 spiro atoms. The van der Waals surface area contributed by atoms with E-state index in [4.69, 9.17) is 5.73 Å². The molecule has 20 heavy (non-hydrogen) atoms. The SMILES string of the molecule is CC(C)C(CCN)CCC(=O)NCc1cccc(Br)c1. The van der Waals surface area contributed by atoms with Crippen LogP contribution >= 0.6 is 15.9 Å². The van der Waals surface area contributed by atoms with Crippen molar-refractivity contribution in [1.82, 2.24) is 5.32 Å². The Morgan fingerprint density at radius 3 is 2.70 bits per heavy atom. The topological polar surface area (TPSA) is 55.1 Å². The van der Waals surface area contributed by atoms with Gasteiger partial charge in [0, 0.05) is 17.4 Å². The van der Waals surface area contributed by atoms with Crippen LogP contribution in [-0.2, 0) is 11.3 Å². The van der Waals surface area contributed by atoms with Gasteiger partial charge in [0.2, 0.25) is 5.91 Å². The summed E-state index contributed by atoms with van der Waals surface area (Å²) in [5, 5.41) is 2.97. The number of benzene rings is 1. The maximum absolute atomic E-state index is 11.9. The van der Waals surface area contributed by atoms with Crippen molar-refractivity contribution >= 4 is 21.8 Å². The van der Waals surface area contributed by atoms with Crippen molar-refractivity contribution in [2.75, 3.05) is 6.54 Å². The quantitative estimate of drug-likeness (QED) is 0.761. The maximum Gasteiger partial charge on any atom is 0.220 e. The summed E-state index contributed by atoms with van der Waals surface area (Å²) in [7, 11) is 0. The Kier molecular flexibility index (Phi) is 7.85. The number of carbonyl (C=O) groups excluding carboxylic acids is 1. The van der Waals surface area contributed by atoms with Gasteiger partial charge in [-0.25, -0.2) is 0 Å². The molecule has 1 aromatic carbocycles. The fourth-order valence-corrected chi connectivity index (χ4v) is 2.72. The van der Waals surface area contributed by atoms with E-state index in [1.54, 1.807) is 0 Å². The van der Waals surface area contributed by atoms with Crippen molar-refractivity contribution in [3.8, 4) is 0 Å². The van der Waals surface area contributed by atoms with Gasteiger partial charge >= 0.3 is 0 Å². The van der Waals surface area contributed by atoms with Crippen molar-refractivity contribution in [3.05, 3.63) is 34.3 Å². The number of nitrogens with one attached hydrogen (secondary N) is 1. The number of hydrogen-bond acceptors (Lipinski definition) is 2. The van der Waals surface area contributed by atoms with Gasteiger partial charge in [-0.3, -0.25) is 4.79 Å². The lowest BCUT2D eigenvalue weighted by molar-refractivity contribution is -0.121. The summed E-state index contributed by atoms with van der Waals surface area (Å²) in [6.45, 7) is 5.67. The summed E-state index contributed by atoms with van der Waals surface area (Å²) >= 11 is 3.43. The summed E-state index contributed by atoms with van der Waals surface area (Å²) in [6, 6.07) is 7.98. The third kappa shape index (κ3) is 6.53. The second-order valence-corrected chi connectivity index (χ2v) is 6.44. The number of rotatable bonds is 8. The molecule has 1 unspecified atom stereocenters. The van der Waals surface area contributed by atoms with Gasteiger partial charge in [0.15, 0.2) is 0 Å². The van der Waals surface area contributed by atoms with Crippen LogP contribution in [-0.4, -0.2) is 12.5 Å². The molecule has 3 N–H and O–H groups in total. The average Bonchev–Trinajstić information content (AvgIpc) is 2.41. The highest BCUT2D eigenvalue weighted by atomic mass is 79.9. The van der Waals surface area contributed by atoms with E-state index in [0.717, 1.165) is 22.9 Å². The van der Waals surface area contributed by atoms with Gasteiger partial charge in [-0.05, 0) is 48.9 Å². The van der Waals surface area contributed by atoms with E-state index in [0.29, 0.717) is 31.3 Å². The van der Waals surface area contributed by atoms with Gasteiger partial charge in [-0.2, -0.15) is 0 Å². The summed E-state index contributed by atoms with van der Waals surface area (Å²) in [5.74, 6) is 1.24. The number of nitrogens with two attached hydrogens (primary N) is 1. The smallest absolute Gasteiger partial charge is 0.220 e. The number of hydrogen-bond donors (Lipinski definition) is 2. The second-order valence-electron chi connectivity index (χ2n) is 5.53. The van der Waals surface area contributed by atoms with Gasteiger partial charge < -0.3 is 11.1 Å². The van der Waals surface area contributed by atoms with Crippen molar-refractivity contribution in [1.29, 1.82) is 0 Å². The van der Waals surface area contributed by atoms with Crippen molar-refractivity contribution in [2.24, 2.45) is 17.6 Å². The molecule has 1 amide bonds. The molecule has 0 aliphatic carbocycles. The van der Waals surface area contributed by atoms with Gasteiger partial charge in [0.25, 0.3) is 0 Å². The second kappa shape index (κ2) is 9.14. The standard InChI is InChI=1S/C16H25BrN2O/c1-12(2)14(8-9-18)6-7-16(20)19-11-13-4-3-5-15(17)10-13/h3-5,10,12,14H,6-9,11,18H2,1-2H3,(H,19,20). The highest BCUT2D eigenvalue weighted by Crippen LogP contribution is 2.20. The van der Waals surface area contributed by atoms with Gasteiger partial charge in [-0.1, -0.05) is 41.9 Å². The van der Waals surface area contributed by atoms with E-state index in [9.17, 15) is 4.79 Å². The number of halogens is 1. The zero-order valence-electron chi connectivity index (χ0n) is 12.4. The van der Waals surface area contributed by atoms with Crippen LogP contribution in [0.15, 0.2) is 28.7 Å². The van der Waals surface area contributed by atoms with Crippen LogP contribution in [0.5, 0.6) is 0 Å². The fourth-order valence-electron chi connectivity index (χ4n) is 2.28. The molecule has 4 heteroatoms. The van der Waals surface area contributed by atoms with E-state index in [2.05, 4.69) is 35.1 Å². The molecule has 0 aliphatic rings. The molecule has 0 heterocycles. The lowest BCUT2D eigenvalue weighted by Gasteiger charge is -2.19. The fraction of sp³-hybridized carbons (Fsp3) is 0.562. The van der Waals surface area contributed by atoms with Crippen molar-refractivity contribution in [2.45, 2.75) is 39.7 Å². The minimum atomic E-state index is 0.118. The summed E-state index contributed by atoms with van der Waals surface area (Å²) in [4.78, 5) is 11.9. The summed E-state index contributed by atoms with van der Waals surface area (Å²) in [6.07, 6.45) is 2.49. The molecule has 1 rings (SSSR count). The third-order valence-electron chi connectivity index (χ3n) is 3.60. The van der Waals surface area contributed by atoms with Gasteiger partial charge in [0.1, 0.15) is 0 Å². The highest BCUT2D eigenvalue weighted by Gasteiger charge is 2.14. The average molecular weight is 341 g/mol. The first-order valence-electron chi connectivity index (χ1n) is 7.24. The van der Waals surface area contributed by atoms with Crippen LogP contribution in [0.2, 0.25) is 0 Å². The van der Waals surface area contributed by atoms with E-state index in [-0.39, 0.29) is 5.91 Å².